The summed E-state index contributed by atoms with van der Waals surface area (Å²) in [6.07, 6.45) is 1.51. The number of nitrogens with zero attached hydrogens (tertiary/aromatic N) is 2. The molecule has 4 heteroatoms. The van der Waals surface area contributed by atoms with E-state index in [-0.39, 0.29) is 12.3 Å². The molecule has 0 radical (unpaired) electrons. The molecule has 78 valence electrons. The van der Waals surface area contributed by atoms with Crippen molar-refractivity contribution in [2.45, 2.75) is 13.7 Å². The van der Waals surface area contributed by atoms with Crippen LogP contribution in [0.4, 0.5) is 0 Å². The van der Waals surface area contributed by atoms with Gasteiger partial charge in [-0.15, -0.1) is 0 Å². The van der Waals surface area contributed by atoms with Crippen molar-refractivity contribution in [3.8, 4) is 0 Å². The Morgan fingerprint density at radius 2 is 2.20 bits per heavy atom. The zero-order chi connectivity index (χ0) is 10.7. The molecule has 0 saturated heterocycles. The van der Waals surface area contributed by atoms with Gasteiger partial charge in [0.1, 0.15) is 13.1 Å². The molecule has 15 heavy (non-hydrogen) atoms. The van der Waals surface area contributed by atoms with Gasteiger partial charge in [-0.05, 0) is 19.1 Å². The van der Waals surface area contributed by atoms with Gasteiger partial charge in [0.05, 0.1) is 10.9 Å². The third-order valence-electron chi connectivity index (χ3n) is 2.17. The Morgan fingerprint density at radius 3 is 3.00 bits per heavy atom. The standard InChI is InChI=1S/C11H12N2O2/c1-2-15-8-13-7-12-10-6-4-3-5-9(10)11(13)14/h3-7H,2,8H2,1H3. The predicted octanol–water partition coefficient (Wildman–Crippen LogP) is 1.39. The van der Waals surface area contributed by atoms with Gasteiger partial charge in [0.25, 0.3) is 5.56 Å². The quantitative estimate of drug-likeness (QED) is 0.758. The van der Waals surface area contributed by atoms with Gasteiger partial charge in [-0.1, -0.05) is 12.1 Å². The highest BCUT2D eigenvalue weighted by Crippen LogP contribution is 2.04. The maximum atomic E-state index is 11.9. The average Bonchev–Trinajstić information content (AvgIpc) is 2.29. The van der Waals surface area contributed by atoms with Crippen LogP contribution in [0.25, 0.3) is 10.9 Å². The Balaban J connectivity index is 2.51. The number of hydrogen-bond acceptors (Lipinski definition) is 3. The van der Waals surface area contributed by atoms with E-state index in [0.717, 1.165) is 5.52 Å². The van der Waals surface area contributed by atoms with Gasteiger partial charge in [-0.3, -0.25) is 9.36 Å². The van der Waals surface area contributed by atoms with Crippen LogP contribution in [0.5, 0.6) is 0 Å². The summed E-state index contributed by atoms with van der Waals surface area (Å²) in [7, 11) is 0. The number of fused-ring (bicyclic) bond motifs is 1. The second kappa shape index (κ2) is 4.23. The molecule has 0 unspecified atom stereocenters. The van der Waals surface area contributed by atoms with Gasteiger partial charge >= 0.3 is 0 Å². The van der Waals surface area contributed by atoms with Crippen molar-refractivity contribution in [1.82, 2.24) is 9.55 Å². The van der Waals surface area contributed by atoms with Gasteiger partial charge < -0.3 is 4.74 Å². The second-order valence-electron chi connectivity index (χ2n) is 3.16. The van der Waals surface area contributed by atoms with Crippen LogP contribution in [-0.4, -0.2) is 16.2 Å². The van der Waals surface area contributed by atoms with Crippen LogP contribution in [0, 0.1) is 0 Å². The summed E-state index contributed by atoms with van der Waals surface area (Å²) in [6, 6.07) is 7.28. The summed E-state index contributed by atoms with van der Waals surface area (Å²) in [6.45, 7) is 2.73. The predicted molar refractivity (Wildman–Crippen MR) is 57.6 cm³/mol. The van der Waals surface area contributed by atoms with Crippen LogP contribution >= 0.6 is 0 Å². The first-order valence-corrected chi connectivity index (χ1v) is 4.85. The molecule has 0 amide bonds. The number of para-hydroxylation sites is 1. The van der Waals surface area contributed by atoms with E-state index in [4.69, 9.17) is 4.74 Å². The van der Waals surface area contributed by atoms with Gasteiger partial charge in [0, 0.05) is 6.61 Å². The monoisotopic (exact) mass is 204 g/mol. The molecule has 1 heterocycles. The number of benzene rings is 1. The average molecular weight is 204 g/mol. The minimum Gasteiger partial charge on any atom is -0.361 e. The molecule has 4 nitrogen and oxygen atoms in total. The first-order valence-electron chi connectivity index (χ1n) is 4.85. The van der Waals surface area contributed by atoms with Crippen LogP contribution in [0.2, 0.25) is 0 Å². The maximum Gasteiger partial charge on any atom is 0.263 e. The molecule has 0 bridgehead atoms. The Bertz CT molecular complexity index is 519. The van der Waals surface area contributed by atoms with Gasteiger partial charge in [-0.2, -0.15) is 0 Å². The van der Waals surface area contributed by atoms with Gasteiger partial charge in [0.2, 0.25) is 0 Å². The minimum atomic E-state index is -0.0611. The van der Waals surface area contributed by atoms with E-state index >= 15 is 0 Å². The van der Waals surface area contributed by atoms with Crippen molar-refractivity contribution in [1.29, 1.82) is 0 Å². The molecular weight excluding hydrogens is 192 g/mol. The topological polar surface area (TPSA) is 44.1 Å². The molecule has 2 rings (SSSR count). The Labute approximate surface area is 87.1 Å². The van der Waals surface area contributed by atoms with Crippen LogP contribution < -0.4 is 5.56 Å². The number of ether oxygens (including phenoxy) is 1. The first kappa shape index (κ1) is 9.86. The van der Waals surface area contributed by atoms with E-state index in [9.17, 15) is 4.79 Å². The van der Waals surface area contributed by atoms with E-state index in [1.54, 1.807) is 6.07 Å². The molecule has 0 aliphatic rings. The highest BCUT2D eigenvalue weighted by atomic mass is 16.5. The van der Waals surface area contributed by atoms with Crippen molar-refractivity contribution < 1.29 is 4.74 Å². The molecule has 1 aromatic heterocycles. The van der Waals surface area contributed by atoms with E-state index in [1.165, 1.54) is 10.9 Å². The molecule has 0 spiro atoms. The molecule has 0 aliphatic carbocycles. The van der Waals surface area contributed by atoms with Crippen LogP contribution in [0.15, 0.2) is 35.4 Å². The van der Waals surface area contributed by atoms with Crippen LogP contribution in [0.1, 0.15) is 6.92 Å². The van der Waals surface area contributed by atoms with Crippen molar-refractivity contribution in [3.63, 3.8) is 0 Å². The summed E-state index contributed by atoms with van der Waals surface area (Å²) >= 11 is 0. The van der Waals surface area contributed by atoms with E-state index in [2.05, 4.69) is 4.98 Å². The fraction of sp³-hybridized carbons (Fsp3) is 0.273. The van der Waals surface area contributed by atoms with Crippen molar-refractivity contribution in [2.24, 2.45) is 0 Å². The van der Waals surface area contributed by atoms with E-state index in [0.29, 0.717) is 12.0 Å². The second-order valence-corrected chi connectivity index (χ2v) is 3.16. The lowest BCUT2D eigenvalue weighted by molar-refractivity contribution is 0.0850. The lowest BCUT2D eigenvalue weighted by atomic mass is 10.2. The van der Waals surface area contributed by atoms with E-state index < -0.39 is 0 Å². The SMILES string of the molecule is CCOCn1cnc2ccccc2c1=O. The van der Waals surface area contributed by atoms with Crippen molar-refractivity contribution in [3.05, 3.63) is 40.9 Å². The van der Waals surface area contributed by atoms with E-state index in [1.807, 2.05) is 25.1 Å². The summed E-state index contributed by atoms with van der Waals surface area (Å²) in [5.74, 6) is 0. The van der Waals surface area contributed by atoms with Crippen molar-refractivity contribution >= 4 is 10.9 Å². The summed E-state index contributed by atoms with van der Waals surface area (Å²) in [5, 5.41) is 0.625. The lowest BCUT2D eigenvalue weighted by Crippen LogP contribution is -2.21. The minimum absolute atomic E-state index is 0.0611. The third-order valence-corrected chi connectivity index (χ3v) is 2.17. The van der Waals surface area contributed by atoms with Crippen LogP contribution in [-0.2, 0) is 11.5 Å². The highest BCUT2D eigenvalue weighted by Gasteiger charge is 2.01. The van der Waals surface area contributed by atoms with Crippen molar-refractivity contribution in [2.75, 3.05) is 6.61 Å². The smallest absolute Gasteiger partial charge is 0.263 e. The Kier molecular flexibility index (Phi) is 2.78. The molecule has 0 fully saturated rings. The lowest BCUT2D eigenvalue weighted by Gasteiger charge is -2.05. The first-order chi connectivity index (χ1) is 7.33. The molecule has 0 atom stereocenters. The summed E-state index contributed by atoms with van der Waals surface area (Å²) in [5.41, 5.74) is 0.657. The molecule has 0 aliphatic heterocycles. The van der Waals surface area contributed by atoms with Gasteiger partial charge in [0.15, 0.2) is 0 Å². The van der Waals surface area contributed by atoms with Crippen LogP contribution in [0.3, 0.4) is 0 Å². The maximum absolute atomic E-state index is 11.9. The molecular formula is C11H12N2O2. The molecule has 0 saturated carbocycles. The number of rotatable bonds is 3. The molecule has 0 N–H and O–H groups in total. The zero-order valence-electron chi connectivity index (χ0n) is 8.51. The molecule has 2 aromatic rings. The Hall–Kier alpha value is -1.68. The number of aromatic nitrogens is 2. The summed E-state index contributed by atoms with van der Waals surface area (Å²) in [4.78, 5) is 16.1. The van der Waals surface area contributed by atoms with Gasteiger partial charge in [-0.25, -0.2) is 4.98 Å². The zero-order valence-corrected chi connectivity index (χ0v) is 8.51. The molecule has 1 aromatic carbocycles. The fourth-order valence-corrected chi connectivity index (χ4v) is 1.39. The fourth-order valence-electron chi connectivity index (χ4n) is 1.39. The normalized spacial score (nSPS) is 10.7. The summed E-state index contributed by atoms with van der Waals surface area (Å²) < 4.78 is 6.64. The highest BCUT2D eigenvalue weighted by molar-refractivity contribution is 5.76. The Morgan fingerprint density at radius 1 is 1.40 bits per heavy atom. The third kappa shape index (κ3) is 1.89. The largest absolute Gasteiger partial charge is 0.361 e. The number of hydrogen-bond donors (Lipinski definition) is 0.